The fraction of sp³-hybridized carbons (Fsp3) is 0.611. The van der Waals surface area contributed by atoms with Crippen LogP contribution in [0.15, 0.2) is 18.2 Å². The fourth-order valence-electron chi connectivity index (χ4n) is 3.35. The number of nitrogens with one attached hydrogen (secondary N) is 1. The van der Waals surface area contributed by atoms with Gasteiger partial charge in [0.15, 0.2) is 6.10 Å². The highest BCUT2D eigenvalue weighted by atomic mass is 19.4. The highest BCUT2D eigenvalue weighted by Crippen LogP contribution is 2.39. The molecule has 9 heteroatoms. The standard InChI is InChI=1S/C18H23F3N2O4/c1-11-8-23(9-12(2)27-11)15-4-3-13(7-14(15)18(19,20)21)22-17(24)16-10-25-5-6-26-16/h3-4,7,11-12,16H,5-6,8-10H2,1-2H3,(H,22,24)/t11-,12+,16-/m1/s1. The molecule has 2 heterocycles. The second-order valence-electron chi connectivity index (χ2n) is 6.82. The van der Waals surface area contributed by atoms with E-state index in [0.29, 0.717) is 19.7 Å². The van der Waals surface area contributed by atoms with Gasteiger partial charge in [0.2, 0.25) is 0 Å². The number of anilines is 2. The molecule has 150 valence electrons. The predicted octanol–water partition coefficient (Wildman–Crippen LogP) is 2.67. The summed E-state index contributed by atoms with van der Waals surface area (Å²) in [4.78, 5) is 13.8. The Morgan fingerprint density at radius 1 is 1.19 bits per heavy atom. The highest BCUT2D eigenvalue weighted by molar-refractivity contribution is 5.94. The van der Waals surface area contributed by atoms with E-state index < -0.39 is 23.8 Å². The molecule has 0 bridgehead atoms. The summed E-state index contributed by atoms with van der Waals surface area (Å²) in [6, 6.07) is 3.82. The first-order valence-corrected chi connectivity index (χ1v) is 8.86. The van der Waals surface area contributed by atoms with Crippen LogP contribution in [0.1, 0.15) is 19.4 Å². The van der Waals surface area contributed by atoms with E-state index in [2.05, 4.69) is 5.32 Å². The molecule has 2 saturated heterocycles. The van der Waals surface area contributed by atoms with Crippen LogP contribution in [0.5, 0.6) is 0 Å². The van der Waals surface area contributed by atoms with Crippen molar-refractivity contribution < 1.29 is 32.2 Å². The molecule has 6 nitrogen and oxygen atoms in total. The lowest BCUT2D eigenvalue weighted by Gasteiger charge is -2.38. The van der Waals surface area contributed by atoms with E-state index >= 15 is 0 Å². The monoisotopic (exact) mass is 388 g/mol. The first-order valence-electron chi connectivity index (χ1n) is 8.86. The van der Waals surface area contributed by atoms with Gasteiger partial charge in [-0.2, -0.15) is 13.2 Å². The Morgan fingerprint density at radius 3 is 2.48 bits per heavy atom. The molecule has 0 unspecified atom stereocenters. The maximum atomic E-state index is 13.7. The second-order valence-corrected chi connectivity index (χ2v) is 6.82. The van der Waals surface area contributed by atoms with Gasteiger partial charge in [0, 0.05) is 24.5 Å². The molecule has 2 aliphatic rings. The van der Waals surface area contributed by atoms with Crippen molar-refractivity contribution >= 4 is 17.3 Å². The third-order valence-electron chi connectivity index (χ3n) is 4.44. The van der Waals surface area contributed by atoms with Crippen molar-refractivity contribution in [1.29, 1.82) is 0 Å². The number of halogens is 3. The summed E-state index contributed by atoms with van der Waals surface area (Å²) in [7, 11) is 0. The number of carbonyl (C=O) groups excluding carboxylic acids is 1. The van der Waals surface area contributed by atoms with Gasteiger partial charge in [-0.1, -0.05) is 0 Å². The molecule has 0 aliphatic carbocycles. The van der Waals surface area contributed by atoms with Gasteiger partial charge < -0.3 is 24.4 Å². The van der Waals surface area contributed by atoms with Crippen LogP contribution in [0.3, 0.4) is 0 Å². The van der Waals surface area contributed by atoms with Crippen molar-refractivity contribution in [3.8, 4) is 0 Å². The number of hydrogen-bond acceptors (Lipinski definition) is 5. The number of rotatable bonds is 3. The number of nitrogens with zero attached hydrogens (tertiary/aromatic N) is 1. The van der Waals surface area contributed by atoms with Crippen LogP contribution >= 0.6 is 0 Å². The Labute approximate surface area is 155 Å². The first kappa shape index (κ1) is 19.9. The molecule has 3 rings (SSSR count). The average molecular weight is 388 g/mol. The van der Waals surface area contributed by atoms with E-state index in [-0.39, 0.29) is 36.8 Å². The minimum Gasteiger partial charge on any atom is -0.376 e. The van der Waals surface area contributed by atoms with Gasteiger partial charge in [-0.3, -0.25) is 4.79 Å². The molecule has 2 aliphatic heterocycles. The lowest BCUT2D eigenvalue weighted by Crippen LogP contribution is -2.46. The van der Waals surface area contributed by atoms with Gasteiger partial charge in [0.1, 0.15) is 0 Å². The quantitative estimate of drug-likeness (QED) is 0.863. The minimum atomic E-state index is -4.55. The number of hydrogen-bond donors (Lipinski definition) is 1. The second kappa shape index (κ2) is 8.04. The van der Waals surface area contributed by atoms with Crippen LogP contribution in [0, 0.1) is 0 Å². The minimum absolute atomic E-state index is 0.0691. The molecule has 1 aromatic rings. The molecule has 2 fully saturated rings. The lowest BCUT2D eigenvalue weighted by molar-refractivity contribution is -0.142. The maximum Gasteiger partial charge on any atom is 0.418 e. The topological polar surface area (TPSA) is 60.0 Å². The van der Waals surface area contributed by atoms with E-state index in [1.807, 2.05) is 13.8 Å². The molecule has 1 N–H and O–H groups in total. The van der Waals surface area contributed by atoms with E-state index in [0.717, 1.165) is 6.07 Å². The molecule has 0 radical (unpaired) electrons. The highest BCUT2D eigenvalue weighted by Gasteiger charge is 2.37. The number of morpholine rings is 1. The molecular formula is C18H23F3N2O4. The van der Waals surface area contributed by atoms with Crippen molar-refractivity contribution in [3.05, 3.63) is 23.8 Å². The third-order valence-corrected chi connectivity index (χ3v) is 4.44. The number of ether oxygens (including phenoxy) is 3. The van der Waals surface area contributed by atoms with Gasteiger partial charge in [-0.25, -0.2) is 0 Å². The zero-order valence-electron chi connectivity index (χ0n) is 15.2. The van der Waals surface area contributed by atoms with Gasteiger partial charge in [0.05, 0.1) is 37.6 Å². The number of carbonyl (C=O) groups is 1. The molecular weight excluding hydrogens is 365 g/mol. The van der Waals surface area contributed by atoms with Crippen LogP contribution in [0.4, 0.5) is 24.5 Å². The van der Waals surface area contributed by atoms with E-state index in [4.69, 9.17) is 14.2 Å². The fourth-order valence-corrected chi connectivity index (χ4v) is 3.35. The van der Waals surface area contributed by atoms with Gasteiger partial charge >= 0.3 is 6.18 Å². The van der Waals surface area contributed by atoms with Crippen LogP contribution in [-0.2, 0) is 25.2 Å². The molecule has 0 aromatic heterocycles. The molecule has 0 spiro atoms. The molecule has 3 atom stereocenters. The Hall–Kier alpha value is -1.84. The van der Waals surface area contributed by atoms with E-state index in [1.54, 1.807) is 4.90 Å². The van der Waals surface area contributed by atoms with Gasteiger partial charge in [-0.15, -0.1) is 0 Å². The average Bonchev–Trinajstić information content (AvgIpc) is 2.61. The van der Waals surface area contributed by atoms with Gasteiger partial charge in [0.25, 0.3) is 5.91 Å². The predicted molar refractivity (Wildman–Crippen MR) is 92.9 cm³/mol. The van der Waals surface area contributed by atoms with Crippen molar-refractivity contribution in [2.24, 2.45) is 0 Å². The summed E-state index contributed by atoms with van der Waals surface area (Å²) in [5.74, 6) is -0.524. The zero-order chi connectivity index (χ0) is 19.6. The van der Waals surface area contributed by atoms with E-state index in [1.165, 1.54) is 12.1 Å². The summed E-state index contributed by atoms with van der Waals surface area (Å²) >= 11 is 0. The largest absolute Gasteiger partial charge is 0.418 e. The van der Waals surface area contributed by atoms with Crippen molar-refractivity contribution in [3.63, 3.8) is 0 Å². The summed E-state index contributed by atoms with van der Waals surface area (Å²) < 4.78 is 57.0. The molecule has 1 aromatic carbocycles. The van der Waals surface area contributed by atoms with Crippen LogP contribution in [0.2, 0.25) is 0 Å². The zero-order valence-corrected chi connectivity index (χ0v) is 15.2. The molecule has 27 heavy (non-hydrogen) atoms. The first-order chi connectivity index (χ1) is 12.7. The number of amides is 1. The number of alkyl halides is 3. The van der Waals surface area contributed by atoms with Crippen molar-refractivity contribution in [2.75, 3.05) is 43.1 Å². The Bertz CT molecular complexity index is 667. The Balaban J connectivity index is 1.82. The number of benzene rings is 1. The molecule has 0 saturated carbocycles. The van der Waals surface area contributed by atoms with Crippen molar-refractivity contribution in [2.45, 2.75) is 38.3 Å². The smallest absolute Gasteiger partial charge is 0.376 e. The summed E-state index contributed by atoms with van der Waals surface area (Å²) in [5.41, 5.74) is -0.637. The van der Waals surface area contributed by atoms with E-state index in [9.17, 15) is 18.0 Å². The SMILES string of the molecule is C[C@@H]1CN(c2ccc(NC(=O)[C@H]3COCCO3)cc2C(F)(F)F)C[C@H](C)O1. The van der Waals surface area contributed by atoms with Crippen LogP contribution in [-0.4, -0.2) is 57.1 Å². The molecule has 1 amide bonds. The van der Waals surface area contributed by atoms with Crippen LogP contribution < -0.4 is 10.2 Å². The summed E-state index contributed by atoms with van der Waals surface area (Å²) in [6.45, 7) is 5.15. The third kappa shape index (κ3) is 4.91. The van der Waals surface area contributed by atoms with Gasteiger partial charge in [-0.05, 0) is 32.0 Å². The van der Waals surface area contributed by atoms with Crippen LogP contribution in [0.25, 0.3) is 0 Å². The Kier molecular flexibility index (Phi) is 5.92. The Morgan fingerprint density at radius 2 is 1.89 bits per heavy atom. The maximum absolute atomic E-state index is 13.7. The normalized spacial score (nSPS) is 26.7. The van der Waals surface area contributed by atoms with Crippen molar-refractivity contribution in [1.82, 2.24) is 0 Å². The lowest BCUT2D eigenvalue weighted by atomic mass is 10.1. The summed E-state index contributed by atoms with van der Waals surface area (Å²) in [6.07, 6.45) is -5.71. The summed E-state index contributed by atoms with van der Waals surface area (Å²) in [5, 5.41) is 2.48.